The minimum Gasteiger partial charge on any atom is -0.483 e. The highest BCUT2D eigenvalue weighted by atomic mass is 35.5. The lowest BCUT2D eigenvalue weighted by Gasteiger charge is -2.27. The first-order valence-electron chi connectivity index (χ1n) is 11.4. The minimum absolute atomic E-state index is 0.265. The van der Waals surface area contributed by atoms with Crippen LogP contribution in [0.15, 0.2) is 66.2 Å². The fraction of sp³-hybridized carbons (Fsp3) is 0.143. The second-order valence-corrected chi connectivity index (χ2v) is 8.94. The summed E-state index contributed by atoms with van der Waals surface area (Å²) >= 11 is 6.17. The van der Waals surface area contributed by atoms with Gasteiger partial charge in [-0.3, -0.25) is 19.7 Å². The van der Waals surface area contributed by atoms with E-state index in [4.69, 9.17) is 16.3 Å². The van der Waals surface area contributed by atoms with E-state index in [0.717, 1.165) is 16.0 Å². The normalized spacial score (nSPS) is 14.5. The Labute approximate surface area is 218 Å². The average Bonchev–Trinajstić information content (AvgIpc) is 2.85. The molecule has 37 heavy (non-hydrogen) atoms. The summed E-state index contributed by atoms with van der Waals surface area (Å²) in [6.07, 6.45) is 1.33. The third-order valence-corrected chi connectivity index (χ3v) is 6.22. The average molecular weight is 518 g/mol. The number of halogens is 1. The van der Waals surface area contributed by atoms with Crippen molar-refractivity contribution in [2.24, 2.45) is 0 Å². The molecule has 8 nitrogen and oxygen atoms in total. The molecule has 5 amide bonds. The van der Waals surface area contributed by atoms with Gasteiger partial charge in [0.1, 0.15) is 11.3 Å². The molecule has 1 saturated heterocycles. The molecule has 0 spiro atoms. The third-order valence-electron chi connectivity index (χ3n) is 5.82. The molecule has 0 aliphatic carbocycles. The molecule has 0 aromatic heterocycles. The number of nitrogens with zero attached hydrogens (tertiary/aromatic N) is 1. The topological polar surface area (TPSA) is 105 Å². The second-order valence-electron chi connectivity index (χ2n) is 8.53. The van der Waals surface area contributed by atoms with Gasteiger partial charge in [0.2, 0.25) is 0 Å². The summed E-state index contributed by atoms with van der Waals surface area (Å²) < 4.78 is 5.72. The van der Waals surface area contributed by atoms with E-state index in [1.165, 1.54) is 6.08 Å². The van der Waals surface area contributed by atoms with E-state index in [2.05, 4.69) is 10.6 Å². The molecule has 2 N–H and O–H groups in total. The number of anilines is 2. The van der Waals surface area contributed by atoms with E-state index >= 15 is 0 Å². The standard InChI is InChI=1S/C28H24ClN3O5/c1-16-11-12-22(17(2)13-16)30-25(33)15-37-24-10-5-4-7-19(24)14-20-26(34)31-28(36)32(27(20)35)23-9-6-8-21(29)18(23)3/h4-14H,15H2,1-3H3,(H,30,33)(H,31,34,36)/b20-14-. The monoisotopic (exact) mass is 517 g/mol. The molecule has 4 rings (SSSR count). The number of barbiturate groups is 1. The number of ether oxygens (including phenoxy) is 1. The summed E-state index contributed by atoms with van der Waals surface area (Å²) in [4.78, 5) is 51.8. The molecule has 1 heterocycles. The number of aryl methyl sites for hydroxylation is 2. The zero-order valence-corrected chi connectivity index (χ0v) is 21.2. The van der Waals surface area contributed by atoms with Crippen molar-refractivity contribution in [3.63, 3.8) is 0 Å². The summed E-state index contributed by atoms with van der Waals surface area (Å²) in [6, 6.07) is 16.3. The summed E-state index contributed by atoms with van der Waals surface area (Å²) in [6.45, 7) is 5.25. The molecule has 0 unspecified atom stereocenters. The molecule has 3 aromatic rings. The molecule has 0 bridgehead atoms. The Morgan fingerprint density at radius 2 is 1.78 bits per heavy atom. The maximum absolute atomic E-state index is 13.3. The van der Waals surface area contributed by atoms with Crippen LogP contribution in [0.2, 0.25) is 5.02 Å². The van der Waals surface area contributed by atoms with Crippen molar-refractivity contribution in [3.05, 3.63) is 93.5 Å². The summed E-state index contributed by atoms with van der Waals surface area (Å²) in [5.74, 6) is -1.72. The lowest BCUT2D eigenvalue weighted by atomic mass is 10.0. The van der Waals surface area contributed by atoms with Gasteiger partial charge in [-0.25, -0.2) is 9.69 Å². The van der Waals surface area contributed by atoms with Crippen LogP contribution < -0.4 is 20.3 Å². The number of carbonyl (C=O) groups excluding carboxylic acids is 4. The molecular formula is C28H24ClN3O5. The van der Waals surface area contributed by atoms with Crippen molar-refractivity contribution >= 4 is 52.8 Å². The van der Waals surface area contributed by atoms with Crippen LogP contribution >= 0.6 is 11.6 Å². The fourth-order valence-electron chi connectivity index (χ4n) is 3.88. The van der Waals surface area contributed by atoms with E-state index in [-0.39, 0.29) is 29.5 Å². The van der Waals surface area contributed by atoms with Crippen LogP contribution in [0.25, 0.3) is 6.08 Å². The van der Waals surface area contributed by atoms with E-state index in [0.29, 0.717) is 21.8 Å². The SMILES string of the molecule is Cc1ccc(NC(=O)COc2ccccc2/C=C2/C(=O)NC(=O)N(c3cccc(Cl)c3C)C2=O)c(C)c1. The Kier molecular flexibility index (Phi) is 7.40. The number of hydrogen-bond acceptors (Lipinski definition) is 5. The van der Waals surface area contributed by atoms with Crippen molar-refractivity contribution in [2.45, 2.75) is 20.8 Å². The summed E-state index contributed by atoms with van der Waals surface area (Å²) in [5.41, 5.74) is 3.59. The number of rotatable bonds is 6. The Morgan fingerprint density at radius 1 is 1.03 bits per heavy atom. The molecule has 0 radical (unpaired) electrons. The molecule has 0 atom stereocenters. The van der Waals surface area contributed by atoms with Gasteiger partial charge in [0.05, 0.1) is 5.69 Å². The van der Waals surface area contributed by atoms with E-state index in [9.17, 15) is 19.2 Å². The molecule has 9 heteroatoms. The molecule has 3 aromatic carbocycles. The van der Waals surface area contributed by atoms with Crippen molar-refractivity contribution in [1.29, 1.82) is 0 Å². The Balaban J connectivity index is 1.57. The predicted octanol–water partition coefficient (Wildman–Crippen LogP) is 4.95. The fourth-order valence-corrected chi connectivity index (χ4v) is 4.05. The number of nitrogens with one attached hydrogen (secondary N) is 2. The first-order chi connectivity index (χ1) is 17.7. The number of para-hydroxylation sites is 1. The largest absolute Gasteiger partial charge is 0.483 e. The van der Waals surface area contributed by atoms with Crippen LogP contribution in [0, 0.1) is 20.8 Å². The van der Waals surface area contributed by atoms with Gasteiger partial charge < -0.3 is 10.1 Å². The number of amides is 5. The summed E-state index contributed by atoms with van der Waals surface area (Å²) in [5, 5.41) is 5.37. The van der Waals surface area contributed by atoms with Gasteiger partial charge in [-0.2, -0.15) is 0 Å². The number of carbonyl (C=O) groups is 4. The van der Waals surface area contributed by atoms with Crippen LogP contribution in [-0.4, -0.2) is 30.4 Å². The molecule has 1 aliphatic rings. The van der Waals surface area contributed by atoms with E-state index in [1.54, 1.807) is 49.4 Å². The van der Waals surface area contributed by atoms with Gasteiger partial charge in [-0.15, -0.1) is 0 Å². The van der Waals surface area contributed by atoms with Gasteiger partial charge in [-0.05, 0) is 62.2 Å². The maximum atomic E-state index is 13.3. The Hall–Kier alpha value is -4.43. The first kappa shape index (κ1) is 25.7. The lowest BCUT2D eigenvalue weighted by molar-refractivity contribution is -0.122. The van der Waals surface area contributed by atoms with Crippen LogP contribution in [-0.2, 0) is 14.4 Å². The maximum Gasteiger partial charge on any atom is 0.335 e. The van der Waals surface area contributed by atoms with Gasteiger partial charge in [0.15, 0.2) is 6.61 Å². The molecular weight excluding hydrogens is 494 g/mol. The van der Waals surface area contributed by atoms with E-state index in [1.807, 2.05) is 32.0 Å². The van der Waals surface area contributed by atoms with Gasteiger partial charge in [0.25, 0.3) is 17.7 Å². The molecule has 188 valence electrons. The van der Waals surface area contributed by atoms with Gasteiger partial charge in [-0.1, -0.05) is 53.6 Å². The number of imide groups is 2. The van der Waals surface area contributed by atoms with Crippen molar-refractivity contribution in [1.82, 2.24) is 5.32 Å². The minimum atomic E-state index is -0.870. The summed E-state index contributed by atoms with van der Waals surface area (Å²) in [7, 11) is 0. The van der Waals surface area contributed by atoms with Crippen LogP contribution in [0.4, 0.5) is 16.2 Å². The Bertz CT molecular complexity index is 1460. The lowest BCUT2D eigenvalue weighted by Crippen LogP contribution is -2.54. The third kappa shape index (κ3) is 5.54. The van der Waals surface area contributed by atoms with Crippen molar-refractivity contribution in [3.8, 4) is 5.75 Å². The van der Waals surface area contributed by atoms with E-state index < -0.39 is 17.8 Å². The highest BCUT2D eigenvalue weighted by molar-refractivity contribution is 6.40. The molecule has 0 saturated carbocycles. The molecule has 1 fully saturated rings. The number of urea groups is 1. The van der Waals surface area contributed by atoms with Gasteiger partial charge in [0, 0.05) is 16.3 Å². The first-order valence-corrected chi connectivity index (χ1v) is 11.8. The van der Waals surface area contributed by atoms with Gasteiger partial charge >= 0.3 is 6.03 Å². The zero-order chi connectivity index (χ0) is 26.7. The van der Waals surface area contributed by atoms with Crippen molar-refractivity contribution in [2.75, 3.05) is 16.8 Å². The van der Waals surface area contributed by atoms with Crippen LogP contribution in [0.1, 0.15) is 22.3 Å². The quantitative estimate of drug-likeness (QED) is 0.355. The zero-order valence-electron chi connectivity index (χ0n) is 20.4. The number of benzene rings is 3. The smallest absolute Gasteiger partial charge is 0.335 e. The second kappa shape index (κ2) is 10.7. The predicted molar refractivity (Wildman–Crippen MR) is 142 cm³/mol. The highest BCUT2D eigenvalue weighted by Gasteiger charge is 2.37. The van der Waals surface area contributed by atoms with Crippen LogP contribution in [0.3, 0.4) is 0 Å². The van der Waals surface area contributed by atoms with Crippen LogP contribution in [0.5, 0.6) is 5.75 Å². The number of hydrogen-bond donors (Lipinski definition) is 2. The highest BCUT2D eigenvalue weighted by Crippen LogP contribution is 2.30. The van der Waals surface area contributed by atoms with Crippen molar-refractivity contribution < 1.29 is 23.9 Å². The Morgan fingerprint density at radius 3 is 2.54 bits per heavy atom. The molecule has 1 aliphatic heterocycles.